The first-order chi connectivity index (χ1) is 8.27. The highest BCUT2D eigenvalue weighted by atomic mass is 16.5. The lowest BCUT2D eigenvalue weighted by atomic mass is 10.4. The first kappa shape index (κ1) is 13.4. The Morgan fingerprint density at radius 2 is 2.35 bits per heavy atom. The first-order valence-corrected chi connectivity index (χ1v) is 5.51. The molecule has 0 aliphatic heterocycles. The van der Waals surface area contributed by atoms with Crippen LogP contribution in [0.2, 0.25) is 0 Å². The molecule has 1 aromatic heterocycles. The normalized spacial score (nSPS) is 10.0. The van der Waals surface area contributed by atoms with E-state index in [1.165, 1.54) is 13.3 Å². The van der Waals surface area contributed by atoms with Gasteiger partial charge >= 0.3 is 5.97 Å². The molecule has 0 aromatic carbocycles. The summed E-state index contributed by atoms with van der Waals surface area (Å²) in [7, 11) is 1.30. The Balaban J connectivity index is 2.40. The Bertz CT molecular complexity index is 358. The van der Waals surface area contributed by atoms with E-state index in [0.29, 0.717) is 12.4 Å². The molecule has 0 radical (unpaired) electrons. The standard InChI is InChI=1S/C11H17N3O3/c1-3-17-8-4-6-12-9-5-7-13-10(14-9)11(15)16-2/h5,7H,3-4,6,8H2,1-2H3,(H,12,13,14). The smallest absolute Gasteiger partial charge is 0.376 e. The van der Waals surface area contributed by atoms with E-state index < -0.39 is 5.97 Å². The maximum absolute atomic E-state index is 11.2. The third kappa shape index (κ3) is 4.78. The average molecular weight is 239 g/mol. The number of esters is 1. The van der Waals surface area contributed by atoms with Crippen LogP contribution < -0.4 is 5.32 Å². The van der Waals surface area contributed by atoms with Gasteiger partial charge < -0.3 is 14.8 Å². The van der Waals surface area contributed by atoms with Gasteiger partial charge in [-0.15, -0.1) is 0 Å². The van der Waals surface area contributed by atoms with Gasteiger partial charge in [-0.1, -0.05) is 0 Å². The Labute approximate surface area is 100 Å². The van der Waals surface area contributed by atoms with Crippen LogP contribution >= 0.6 is 0 Å². The van der Waals surface area contributed by atoms with E-state index in [1.807, 2.05) is 6.92 Å². The molecule has 0 atom stereocenters. The largest absolute Gasteiger partial charge is 0.463 e. The second-order valence-electron chi connectivity index (χ2n) is 3.23. The topological polar surface area (TPSA) is 73.3 Å². The van der Waals surface area contributed by atoms with Crippen molar-refractivity contribution in [1.82, 2.24) is 9.97 Å². The maximum atomic E-state index is 11.2. The molecule has 0 spiro atoms. The zero-order valence-corrected chi connectivity index (χ0v) is 10.1. The number of aromatic nitrogens is 2. The number of methoxy groups -OCH3 is 1. The van der Waals surface area contributed by atoms with Crippen LogP contribution in [0.4, 0.5) is 5.82 Å². The molecular formula is C11H17N3O3. The molecule has 1 aromatic rings. The van der Waals surface area contributed by atoms with E-state index in [2.05, 4.69) is 20.0 Å². The molecular weight excluding hydrogens is 222 g/mol. The Kier molecular flexibility index (Phi) is 5.95. The van der Waals surface area contributed by atoms with Gasteiger partial charge in [0.05, 0.1) is 7.11 Å². The molecule has 6 heteroatoms. The minimum absolute atomic E-state index is 0.0577. The quantitative estimate of drug-likeness (QED) is 0.567. The SMILES string of the molecule is CCOCCCNc1ccnc(C(=O)OC)n1. The van der Waals surface area contributed by atoms with Gasteiger partial charge in [-0.05, 0) is 19.4 Å². The second kappa shape index (κ2) is 7.56. The fourth-order valence-corrected chi connectivity index (χ4v) is 1.18. The fraction of sp³-hybridized carbons (Fsp3) is 0.545. The van der Waals surface area contributed by atoms with Crippen LogP contribution in [0, 0.1) is 0 Å². The van der Waals surface area contributed by atoms with Crippen LogP contribution in [0.25, 0.3) is 0 Å². The van der Waals surface area contributed by atoms with Crippen molar-refractivity contribution in [3.63, 3.8) is 0 Å². The van der Waals surface area contributed by atoms with Crippen molar-refractivity contribution in [2.75, 3.05) is 32.2 Å². The number of nitrogens with one attached hydrogen (secondary N) is 1. The van der Waals surface area contributed by atoms with Crippen LogP contribution in [-0.4, -0.2) is 42.8 Å². The van der Waals surface area contributed by atoms with E-state index in [4.69, 9.17) is 4.74 Å². The summed E-state index contributed by atoms with van der Waals surface area (Å²) in [5, 5.41) is 3.08. The molecule has 0 aliphatic rings. The minimum atomic E-state index is -0.539. The lowest BCUT2D eigenvalue weighted by Crippen LogP contribution is -2.11. The molecule has 0 saturated carbocycles. The van der Waals surface area contributed by atoms with Crippen molar-refractivity contribution in [3.8, 4) is 0 Å². The lowest BCUT2D eigenvalue weighted by molar-refractivity contribution is 0.0587. The monoisotopic (exact) mass is 239 g/mol. The van der Waals surface area contributed by atoms with Gasteiger partial charge in [0.2, 0.25) is 5.82 Å². The lowest BCUT2D eigenvalue weighted by Gasteiger charge is -2.06. The zero-order chi connectivity index (χ0) is 12.5. The van der Waals surface area contributed by atoms with Crippen molar-refractivity contribution in [2.45, 2.75) is 13.3 Å². The number of hydrogen-bond acceptors (Lipinski definition) is 6. The molecule has 1 N–H and O–H groups in total. The summed E-state index contributed by atoms with van der Waals surface area (Å²) in [4.78, 5) is 19.0. The highest BCUT2D eigenvalue weighted by Crippen LogP contribution is 2.02. The summed E-state index contributed by atoms with van der Waals surface area (Å²) < 4.78 is 9.74. The molecule has 6 nitrogen and oxygen atoms in total. The van der Waals surface area contributed by atoms with Crippen LogP contribution in [0.15, 0.2) is 12.3 Å². The maximum Gasteiger partial charge on any atom is 0.376 e. The summed E-state index contributed by atoms with van der Waals surface area (Å²) in [6.07, 6.45) is 2.40. The zero-order valence-electron chi connectivity index (χ0n) is 10.1. The molecule has 17 heavy (non-hydrogen) atoms. The molecule has 94 valence electrons. The Morgan fingerprint density at radius 1 is 1.53 bits per heavy atom. The Hall–Kier alpha value is -1.69. The molecule has 0 amide bonds. The highest BCUT2D eigenvalue weighted by molar-refractivity contribution is 5.85. The number of rotatable bonds is 7. The number of carbonyl (C=O) groups excluding carboxylic acids is 1. The molecule has 1 heterocycles. The van der Waals surface area contributed by atoms with Gasteiger partial charge in [0.15, 0.2) is 0 Å². The second-order valence-corrected chi connectivity index (χ2v) is 3.23. The molecule has 0 fully saturated rings. The number of hydrogen-bond donors (Lipinski definition) is 1. The number of nitrogens with zero attached hydrogens (tertiary/aromatic N) is 2. The summed E-state index contributed by atoms with van der Waals surface area (Å²) in [5.74, 6) is 0.127. The van der Waals surface area contributed by atoms with Crippen LogP contribution in [-0.2, 0) is 9.47 Å². The van der Waals surface area contributed by atoms with Gasteiger partial charge in [0.25, 0.3) is 0 Å². The van der Waals surface area contributed by atoms with E-state index in [9.17, 15) is 4.79 Å². The third-order valence-electron chi connectivity index (χ3n) is 2.00. The van der Waals surface area contributed by atoms with Crippen molar-refractivity contribution in [3.05, 3.63) is 18.1 Å². The summed E-state index contributed by atoms with van der Waals surface area (Å²) >= 11 is 0. The van der Waals surface area contributed by atoms with Gasteiger partial charge in [0, 0.05) is 26.0 Å². The molecule has 0 unspecified atom stereocenters. The summed E-state index contributed by atoms with van der Waals surface area (Å²) in [6.45, 7) is 4.12. The molecule has 1 rings (SSSR count). The van der Waals surface area contributed by atoms with E-state index in [-0.39, 0.29) is 5.82 Å². The molecule has 0 saturated heterocycles. The van der Waals surface area contributed by atoms with Gasteiger partial charge in [0.1, 0.15) is 5.82 Å². The fourth-order valence-electron chi connectivity index (χ4n) is 1.18. The average Bonchev–Trinajstić information content (AvgIpc) is 2.38. The first-order valence-electron chi connectivity index (χ1n) is 5.51. The molecule has 0 aliphatic carbocycles. The minimum Gasteiger partial charge on any atom is -0.463 e. The summed E-state index contributed by atoms with van der Waals surface area (Å²) in [6, 6.07) is 1.70. The third-order valence-corrected chi connectivity index (χ3v) is 2.00. The number of carbonyl (C=O) groups is 1. The van der Waals surface area contributed by atoms with Crippen molar-refractivity contribution >= 4 is 11.8 Å². The van der Waals surface area contributed by atoms with Gasteiger partial charge in [-0.25, -0.2) is 14.8 Å². The van der Waals surface area contributed by atoms with E-state index in [1.54, 1.807) is 6.07 Å². The molecule has 0 bridgehead atoms. The van der Waals surface area contributed by atoms with Crippen LogP contribution in [0.3, 0.4) is 0 Å². The van der Waals surface area contributed by atoms with E-state index >= 15 is 0 Å². The van der Waals surface area contributed by atoms with Crippen LogP contribution in [0.5, 0.6) is 0 Å². The Morgan fingerprint density at radius 3 is 3.06 bits per heavy atom. The number of ether oxygens (including phenoxy) is 2. The van der Waals surface area contributed by atoms with Crippen molar-refractivity contribution in [2.24, 2.45) is 0 Å². The highest BCUT2D eigenvalue weighted by Gasteiger charge is 2.08. The van der Waals surface area contributed by atoms with Crippen molar-refractivity contribution in [1.29, 1.82) is 0 Å². The predicted octanol–water partition coefficient (Wildman–Crippen LogP) is 1.10. The van der Waals surface area contributed by atoms with Gasteiger partial charge in [-0.2, -0.15) is 0 Å². The van der Waals surface area contributed by atoms with Crippen LogP contribution in [0.1, 0.15) is 24.0 Å². The summed E-state index contributed by atoms with van der Waals surface area (Å²) in [5.41, 5.74) is 0. The number of anilines is 1. The van der Waals surface area contributed by atoms with Crippen molar-refractivity contribution < 1.29 is 14.3 Å². The van der Waals surface area contributed by atoms with E-state index in [0.717, 1.165) is 19.6 Å². The van der Waals surface area contributed by atoms with Gasteiger partial charge in [-0.3, -0.25) is 0 Å². The predicted molar refractivity (Wildman–Crippen MR) is 63.0 cm³/mol.